The van der Waals surface area contributed by atoms with E-state index in [0.717, 1.165) is 22.0 Å². The van der Waals surface area contributed by atoms with Crippen LogP contribution < -0.4 is 26.6 Å². The molecule has 0 bridgehead atoms. The summed E-state index contributed by atoms with van der Waals surface area (Å²) >= 11 is 0. The Kier molecular flexibility index (Phi) is 13.5. The maximum atomic E-state index is 14.7. The Labute approximate surface area is 337 Å². The van der Waals surface area contributed by atoms with Crippen molar-refractivity contribution in [2.24, 2.45) is 5.92 Å². The third kappa shape index (κ3) is 9.84. The van der Waals surface area contributed by atoms with Crippen LogP contribution in [-0.4, -0.2) is 123 Å². The first kappa shape index (κ1) is 41.9. The van der Waals surface area contributed by atoms with Crippen LogP contribution >= 0.6 is 0 Å². The van der Waals surface area contributed by atoms with Crippen LogP contribution in [-0.2, 0) is 46.4 Å². The zero-order valence-corrected chi connectivity index (χ0v) is 33.2. The van der Waals surface area contributed by atoms with Gasteiger partial charge in [-0.15, -0.1) is 0 Å². The lowest BCUT2D eigenvalue weighted by Crippen LogP contribution is -2.61. The predicted octanol–water partition coefficient (Wildman–Crippen LogP) is 0.431. The van der Waals surface area contributed by atoms with E-state index < -0.39 is 90.3 Å². The highest BCUT2D eigenvalue weighted by Gasteiger charge is 2.42. The van der Waals surface area contributed by atoms with Gasteiger partial charge in [0.15, 0.2) is 0 Å². The first-order valence-electron chi connectivity index (χ1n) is 20.2. The molecule has 6 rings (SSSR count). The summed E-state index contributed by atoms with van der Waals surface area (Å²) in [6.45, 7) is 5.06. The molecule has 0 saturated carbocycles. The Bertz CT molecular complexity index is 2000. The van der Waals surface area contributed by atoms with Crippen molar-refractivity contribution < 1.29 is 38.7 Å². The summed E-state index contributed by atoms with van der Waals surface area (Å²) in [4.78, 5) is 104. The Morgan fingerprint density at radius 3 is 2.00 bits per heavy atom. The molecule has 2 aromatic carbocycles. The van der Waals surface area contributed by atoms with E-state index in [0.29, 0.717) is 19.3 Å². The van der Waals surface area contributed by atoms with Crippen molar-refractivity contribution in [3.63, 3.8) is 0 Å². The number of aliphatic hydroxyl groups is 1. The number of aromatic amines is 1. The Balaban J connectivity index is 1.36. The van der Waals surface area contributed by atoms with Crippen molar-refractivity contribution in [2.45, 2.75) is 108 Å². The van der Waals surface area contributed by atoms with Crippen molar-refractivity contribution in [3.05, 3.63) is 71.9 Å². The van der Waals surface area contributed by atoms with E-state index in [-0.39, 0.29) is 44.7 Å². The smallest absolute Gasteiger partial charge is 0.246 e. The SMILES string of the molecule is CC(C)C[C@@H]1NC(=O)[C@H]([C@H](C)O)NC(=O)[C@H]2CCCN2C(=O)CNC(=O)[C@H](Cc2ccccc2)NC(=O)[C@@H]2CCCN2C(=O)[C@@H](Cc2c[nH]c3ccccc23)NC1=O. The molecular formula is C42H54N8O8. The van der Waals surface area contributed by atoms with Gasteiger partial charge in [0.2, 0.25) is 41.4 Å². The zero-order chi connectivity index (χ0) is 41.5. The number of hydrogen-bond acceptors (Lipinski definition) is 8. The zero-order valence-electron chi connectivity index (χ0n) is 33.2. The summed E-state index contributed by atoms with van der Waals surface area (Å²) in [6, 6.07) is 9.72. The fourth-order valence-electron chi connectivity index (χ4n) is 8.17. The number of nitrogens with zero attached hydrogens (tertiary/aromatic N) is 2. The maximum Gasteiger partial charge on any atom is 0.246 e. The highest BCUT2D eigenvalue weighted by atomic mass is 16.3. The lowest BCUT2D eigenvalue weighted by molar-refractivity contribution is -0.142. The number of hydrogen-bond donors (Lipinski definition) is 7. The quantitative estimate of drug-likeness (QED) is 0.177. The Morgan fingerprint density at radius 2 is 1.29 bits per heavy atom. The summed E-state index contributed by atoms with van der Waals surface area (Å²) in [6.07, 6.45) is 2.29. The molecule has 0 radical (unpaired) electrons. The van der Waals surface area contributed by atoms with E-state index in [1.165, 1.54) is 16.7 Å². The number of para-hydroxylation sites is 1. The second-order valence-electron chi connectivity index (χ2n) is 15.9. The minimum atomic E-state index is -1.48. The molecule has 4 heterocycles. The number of fused-ring (bicyclic) bond motifs is 3. The van der Waals surface area contributed by atoms with Gasteiger partial charge in [0.05, 0.1) is 12.6 Å². The molecule has 7 amide bonds. The summed E-state index contributed by atoms with van der Waals surface area (Å²) in [7, 11) is 0. The van der Waals surface area contributed by atoms with Crippen LogP contribution in [0, 0.1) is 5.92 Å². The Morgan fingerprint density at radius 1 is 0.672 bits per heavy atom. The van der Waals surface area contributed by atoms with Gasteiger partial charge < -0.3 is 46.5 Å². The van der Waals surface area contributed by atoms with Gasteiger partial charge >= 0.3 is 0 Å². The van der Waals surface area contributed by atoms with E-state index in [4.69, 9.17) is 0 Å². The monoisotopic (exact) mass is 798 g/mol. The molecule has 58 heavy (non-hydrogen) atoms. The number of rotatable bonds is 7. The summed E-state index contributed by atoms with van der Waals surface area (Å²) in [5, 5.41) is 25.2. The number of carbonyl (C=O) groups excluding carboxylic acids is 7. The molecule has 310 valence electrons. The van der Waals surface area contributed by atoms with Gasteiger partial charge in [0.1, 0.15) is 36.3 Å². The van der Waals surface area contributed by atoms with Crippen LogP contribution in [0.4, 0.5) is 0 Å². The number of H-pyrrole nitrogens is 1. The van der Waals surface area contributed by atoms with Crippen molar-refractivity contribution in [2.75, 3.05) is 19.6 Å². The maximum absolute atomic E-state index is 14.7. The topological polar surface area (TPSA) is 222 Å². The lowest BCUT2D eigenvalue weighted by Gasteiger charge is -2.31. The largest absolute Gasteiger partial charge is 0.391 e. The number of nitrogens with one attached hydrogen (secondary N) is 6. The number of amides is 7. The highest BCUT2D eigenvalue weighted by molar-refractivity contribution is 5.99. The molecule has 3 aliphatic rings. The third-order valence-corrected chi connectivity index (χ3v) is 11.2. The van der Waals surface area contributed by atoms with E-state index in [1.54, 1.807) is 6.20 Å². The summed E-state index contributed by atoms with van der Waals surface area (Å²) in [5.74, 6) is -4.48. The average molecular weight is 799 g/mol. The molecule has 7 N–H and O–H groups in total. The summed E-state index contributed by atoms with van der Waals surface area (Å²) < 4.78 is 0. The Hall–Kier alpha value is -5.77. The molecule has 3 aromatic rings. The molecule has 16 heteroatoms. The van der Waals surface area contributed by atoms with Gasteiger partial charge in [-0.2, -0.15) is 0 Å². The first-order chi connectivity index (χ1) is 27.8. The van der Waals surface area contributed by atoms with Gasteiger partial charge in [0, 0.05) is 43.0 Å². The standard InChI is InChI=1S/C42H54N8O8/c1-24(2)19-30-38(54)47-32(21-27-22-43-29-14-8-7-13-28(27)29)42(58)50-18-10-16-34(50)39(55)45-31(20-26-11-5-4-6-12-26)37(53)44-23-35(52)49-17-9-15-33(49)40(56)48-36(25(3)51)41(57)46-30/h4-8,11-14,22,24-25,30-34,36,43,51H,9-10,15-21,23H2,1-3H3,(H,44,53)(H,45,55)(H,46,57)(H,47,54)(H,48,56)/t25-,30-,31-,32+,33+,34-,36-/m0/s1. The van der Waals surface area contributed by atoms with Gasteiger partial charge in [-0.05, 0) is 62.1 Å². The van der Waals surface area contributed by atoms with Gasteiger partial charge in [-0.25, -0.2) is 0 Å². The van der Waals surface area contributed by atoms with Crippen LogP contribution in [0.5, 0.6) is 0 Å². The molecular weight excluding hydrogens is 745 g/mol. The first-order valence-corrected chi connectivity index (χ1v) is 20.2. The van der Waals surface area contributed by atoms with Crippen LogP contribution in [0.15, 0.2) is 60.8 Å². The molecule has 3 saturated heterocycles. The molecule has 0 aliphatic carbocycles. The van der Waals surface area contributed by atoms with E-state index >= 15 is 0 Å². The number of aromatic nitrogens is 1. The van der Waals surface area contributed by atoms with Crippen molar-refractivity contribution in [1.29, 1.82) is 0 Å². The molecule has 0 unspecified atom stereocenters. The van der Waals surface area contributed by atoms with Gasteiger partial charge in [-0.3, -0.25) is 33.6 Å². The van der Waals surface area contributed by atoms with Crippen LogP contribution in [0.25, 0.3) is 10.9 Å². The fraction of sp³-hybridized carbons (Fsp3) is 0.500. The fourth-order valence-corrected chi connectivity index (χ4v) is 8.17. The van der Waals surface area contributed by atoms with Crippen molar-refractivity contribution in [1.82, 2.24) is 41.4 Å². The van der Waals surface area contributed by atoms with E-state index in [9.17, 15) is 38.7 Å². The average Bonchev–Trinajstić information content (AvgIpc) is 3.98. The lowest BCUT2D eigenvalue weighted by atomic mass is 9.99. The molecule has 3 aliphatic heterocycles. The van der Waals surface area contributed by atoms with E-state index in [1.807, 2.05) is 68.4 Å². The van der Waals surface area contributed by atoms with Crippen LogP contribution in [0.3, 0.4) is 0 Å². The van der Waals surface area contributed by atoms with Crippen molar-refractivity contribution >= 4 is 52.3 Å². The predicted molar refractivity (Wildman–Crippen MR) is 213 cm³/mol. The third-order valence-electron chi connectivity index (χ3n) is 11.2. The minimum Gasteiger partial charge on any atom is -0.391 e. The van der Waals surface area contributed by atoms with Crippen LogP contribution in [0.1, 0.15) is 64.0 Å². The second kappa shape index (κ2) is 18.7. The van der Waals surface area contributed by atoms with Crippen molar-refractivity contribution in [3.8, 4) is 0 Å². The minimum absolute atomic E-state index is 0.0546. The normalized spacial score (nSPS) is 26.3. The van der Waals surface area contributed by atoms with Gasteiger partial charge in [-0.1, -0.05) is 62.4 Å². The molecule has 16 nitrogen and oxygen atoms in total. The number of benzene rings is 2. The molecule has 0 spiro atoms. The van der Waals surface area contributed by atoms with Crippen LogP contribution in [0.2, 0.25) is 0 Å². The second-order valence-corrected chi connectivity index (χ2v) is 15.9. The highest BCUT2D eigenvalue weighted by Crippen LogP contribution is 2.24. The molecule has 7 atom stereocenters. The number of carbonyl (C=O) groups is 7. The van der Waals surface area contributed by atoms with E-state index in [2.05, 4.69) is 31.6 Å². The number of aliphatic hydroxyl groups excluding tert-OH is 1. The molecule has 1 aromatic heterocycles. The summed E-state index contributed by atoms with van der Waals surface area (Å²) in [5.41, 5.74) is 2.33. The molecule has 3 fully saturated rings. The van der Waals surface area contributed by atoms with Gasteiger partial charge in [0.25, 0.3) is 0 Å².